The van der Waals surface area contributed by atoms with Crippen molar-refractivity contribution in [2.24, 2.45) is 22.5 Å². The van der Waals surface area contributed by atoms with Gasteiger partial charge in [0.2, 0.25) is 0 Å². The summed E-state index contributed by atoms with van der Waals surface area (Å²) in [7, 11) is 0. The highest BCUT2D eigenvalue weighted by molar-refractivity contribution is 5.08. The topological polar surface area (TPSA) is 29.3 Å². The number of likely N-dealkylation sites (tertiary alicyclic amines) is 1. The zero-order valence-corrected chi connectivity index (χ0v) is 14.8. The van der Waals surface area contributed by atoms with Crippen molar-refractivity contribution >= 4 is 0 Å². The summed E-state index contributed by atoms with van der Waals surface area (Å²) in [6.07, 6.45) is 11.1. The fourth-order valence-electron chi connectivity index (χ4n) is 6.77. The van der Waals surface area contributed by atoms with Gasteiger partial charge < -0.3 is 5.73 Å². The third-order valence-electron chi connectivity index (χ3n) is 6.55. The number of rotatable bonds is 2. The number of nitrogens with two attached hydrogens (primary N) is 1. The molecule has 3 fully saturated rings. The molecule has 0 radical (unpaired) electrons. The van der Waals surface area contributed by atoms with Crippen LogP contribution >= 0.6 is 0 Å². The van der Waals surface area contributed by atoms with Crippen LogP contribution in [0.1, 0.15) is 79.1 Å². The fourth-order valence-corrected chi connectivity index (χ4v) is 6.77. The van der Waals surface area contributed by atoms with Crippen LogP contribution in [0.15, 0.2) is 0 Å². The predicted molar refractivity (Wildman–Crippen MR) is 90.3 cm³/mol. The van der Waals surface area contributed by atoms with Crippen LogP contribution in [0.25, 0.3) is 0 Å². The number of hydrogen-bond donors (Lipinski definition) is 1. The van der Waals surface area contributed by atoms with E-state index in [1.807, 2.05) is 0 Å². The first-order chi connectivity index (χ1) is 9.77. The summed E-state index contributed by atoms with van der Waals surface area (Å²) in [6.45, 7) is 12.0. The lowest BCUT2D eigenvalue weighted by Crippen LogP contribution is -2.65. The summed E-state index contributed by atoms with van der Waals surface area (Å²) < 4.78 is 0. The van der Waals surface area contributed by atoms with E-state index in [-0.39, 0.29) is 5.54 Å². The van der Waals surface area contributed by atoms with Gasteiger partial charge in [0.1, 0.15) is 0 Å². The lowest BCUT2D eigenvalue weighted by molar-refractivity contribution is -0.0814. The highest BCUT2D eigenvalue weighted by atomic mass is 15.3. The largest absolute Gasteiger partial charge is 0.329 e. The zero-order chi connectivity index (χ0) is 15.3. The minimum Gasteiger partial charge on any atom is -0.329 e. The highest BCUT2D eigenvalue weighted by Crippen LogP contribution is 2.54. The smallest absolute Gasteiger partial charge is 0.0344 e. The Labute approximate surface area is 131 Å². The van der Waals surface area contributed by atoms with Crippen molar-refractivity contribution in [3.05, 3.63) is 0 Å². The molecule has 0 amide bonds. The molecule has 2 nitrogen and oxygen atoms in total. The monoisotopic (exact) mass is 292 g/mol. The van der Waals surface area contributed by atoms with E-state index in [2.05, 4.69) is 32.6 Å². The summed E-state index contributed by atoms with van der Waals surface area (Å²) in [5.41, 5.74) is 7.56. The highest BCUT2D eigenvalue weighted by Gasteiger charge is 2.53. The Morgan fingerprint density at radius 2 is 1.52 bits per heavy atom. The molecule has 2 atom stereocenters. The van der Waals surface area contributed by atoms with E-state index in [1.54, 1.807) is 0 Å². The first kappa shape index (κ1) is 15.8. The summed E-state index contributed by atoms with van der Waals surface area (Å²) in [4.78, 5) is 2.91. The van der Waals surface area contributed by atoms with Crippen LogP contribution in [-0.2, 0) is 0 Å². The van der Waals surface area contributed by atoms with E-state index in [4.69, 9.17) is 5.73 Å². The van der Waals surface area contributed by atoms with Crippen molar-refractivity contribution < 1.29 is 0 Å². The molecule has 2 saturated carbocycles. The van der Waals surface area contributed by atoms with Crippen molar-refractivity contribution in [2.75, 3.05) is 13.1 Å². The fraction of sp³-hybridized carbons (Fsp3) is 1.00. The van der Waals surface area contributed by atoms with E-state index in [0.29, 0.717) is 10.8 Å². The first-order valence-corrected chi connectivity index (χ1v) is 9.24. The predicted octanol–water partition coefficient (Wildman–Crippen LogP) is 4.18. The molecule has 2 N–H and O–H groups in total. The molecule has 1 aliphatic heterocycles. The first-order valence-electron chi connectivity index (χ1n) is 9.24. The quantitative estimate of drug-likeness (QED) is 0.827. The molecule has 3 rings (SSSR count). The molecule has 0 aromatic carbocycles. The molecule has 3 aliphatic rings. The average Bonchev–Trinajstić information content (AvgIpc) is 2.82. The van der Waals surface area contributed by atoms with Gasteiger partial charge in [-0.1, -0.05) is 34.1 Å². The summed E-state index contributed by atoms with van der Waals surface area (Å²) in [6, 6.07) is 0.840. The van der Waals surface area contributed by atoms with Gasteiger partial charge in [-0.25, -0.2) is 0 Å². The van der Waals surface area contributed by atoms with Crippen molar-refractivity contribution in [2.45, 2.75) is 90.6 Å². The van der Waals surface area contributed by atoms with E-state index in [9.17, 15) is 0 Å². The maximum Gasteiger partial charge on any atom is 0.0344 e. The minimum absolute atomic E-state index is 0.263. The molecule has 0 aromatic rings. The van der Waals surface area contributed by atoms with Crippen LogP contribution in [0, 0.1) is 16.7 Å². The lowest BCUT2D eigenvalue weighted by Gasteiger charge is -2.59. The van der Waals surface area contributed by atoms with Gasteiger partial charge in [-0.05, 0) is 68.2 Å². The molecule has 2 unspecified atom stereocenters. The number of piperidine rings is 1. The van der Waals surface area contributed by atoms with Crippen molar-refractivity contribution in [1.29, 1.82) is 0 Å². The van der Waals surface area contributed by atoms with Crippen LogP contribution in [-0.4, -0.2) is 29.6 Å². The van der Waals surface area contributed by atoms with Gasteiger partial charge in [0.05, 0.1) is 0 Å². The summed E-state index contributed by atoms with van der Waals surface area (Å²) >= 11 is 0. The van der Waals surface area contributed by atoms with Crippen molar-refractivity contribution in [1.82, 2.24) is 4.90 Å². The van der Waals surface area contributed by atoms with Crippen LogP contribution in [0.5, 0.6) is 0 Å². The Kier molecular flexibility index (Phi) is 3.94. The van der Waals surface area contributed by atoms with Crippen LogP contribution in [0.3, 0.4) is 0 Å². The molecule has 0 bridgehead atoms. The summed E-state index contributed by atoms with van der Waals surface area (Å²) in [5, 5.41) is 0. The van der Waals surface area contributed by atoms with Gasteiger partial charge in [0, 0.05) is 18.1 Å². The second-order valence-corrected chi connectivity index (χ2v) is 9.88. The van der Waals surface area contributed by atoms with Crippen LogP contribution in [0.4, 0.5) is 0 Å². The Hall–Kier alpha value is -0.0800. The van der Waals surface area contributed by atoms with Gasteiger partial charge in [-0.2, -0.15) is 0 Å². The van der Waals surface area contributed by atoms with E-state index in [1.165, 1.54) is 57.9 Å². The molecule has 0 spiro atoms. The number of nitrogens with zero attached hydrogens (tertiary/aromatic N) is 1. The van der Waals surface area contributed by atoms with Gasteiger partial charge in [0.15, 0.2) is 0 Å². The summed E-state index contributed by atoms with van der Waals surface area (Å²) in [5.74, 6) is 0.968. The maximum absolute atomic E-state index is 6.45. The Morgan fingerprint density at radius 1 is 0.905 bits per heavy atom. The molecular weight excluding hydrogens is 256 g/mol. The average molecular weight is 293 g/mol. The Balaban J connectivity index is 1.91. The SMILES string of the molecule is CC1(C)CC(C)(C)CC(CN)(N2CCCC3CCCC32)C1. The van der Waals surface area contributed by atoms with Gasteiger partial charge in [-0.3, -0.25) is 4.90 Å². The van der Waals surface area contributed by atoms with Gasteiger partial charge >= 0.3 is 0 Å². The lowest BCUT2D eigenvalue weighted by atomic mass is 9.57. The molecule has 122 valence electrons. The van der Waals surface area contributed by atoms with E-state index < -0.39 is 0 Å². The standard InChI is InChI=1S/C19H36N2/c1-17(2)11-18(3,4)13-19(12-17,14-20)21-10-6-8-15-7-5-9-16(15)21/h15-16H,5-14,20H2,1-4H3. The van der Waals surface area contributed by atoms with Gasteiger partial charge in [-0.15, -0.1) is 0 Å². The molecule has 0 aromatic heterocycles. The second kappa shape index (κ2) is 5.23. The molecule has 2 heteroatoms. The van der Waals surface area contributed by atoms with Gasteiger partial charge in [0.25, 0.3) is 0 Å². The Morgan fingerprint density at radius 3 is 2.14 bits per heavy atom. The zero-order valence-electron chi connectivity index (χ0n) is 14.8. The molecule has 21 heavy (non-hydrogen) atoms. The van der Waals surface area contributed by atoms with Crippen LogP contribution in [0.2, 0.25) is 0 Å². The van der Waals surface area contributed by atoms with Crippen molar-refractivity contribution in [3.63, 3.8) is 0 Å². The van der Waals surface area contributed by atoms with Crippen LogP contribution < -0.4 is 5.73 Å². The third kappa shape index (κ3) is 2.91. The normalized spacial score (nSPS) is 38.1. The number of fused-ring (bicyclic) bond motifs is 1. The number of hydrogen-bond acceptors (Lipinski definition) is 2. The molecule has 1 heterocycles. The van der Waals surface area contributed by atoms with E-state index >= 15 is 0 Å². The molecule has 1 saturated heterocycles. The minimum atomic E-state index is 0.263. The molecule has 2 aliphatic carbocycles. The second-order valence-electron chi connectivity index (χ2n) is 9.88. The molecular formula is C19H36N2. The Bertz CT molecular complexity index is 369. The van der Waals surface area contributed by atoms with Crippen molar-refractivity contribution in [3.8, 4) is 0 Å². The maximum atomic E-state index is 6.45. The third-order valence-corrected chi connectivity index (χ3v) is 6.55. The van der Waals surface area contributed by atoms with E-state index in [0.717, 1.165) is 18.5 Å².